The summed E-state index contributed by atoms with van der Waals surface area (Å²) in [5.74, 6) is 0.180. The lowest BCUT2D eigenvalue weighted by molar-refractivity contribution is 0.0692. The second kappa shape index (κ2) is 7.14. The fourth-order valence-electron chi connectivity index (χ4n) is 4.03. The molecule has 5 heteroatoms. The van der Waals surface area contributed by atoms with Crippen molar-refractivity contribution in [1.82, 2.24) is 10.2 Å². The van der Waals surface area contributed by atoms with Crippen molar-refractivity contribution in [3.8, 4) is 0 Å². The van der Waals surface area contributed by atoms with Crippen molar-refractivity contribution in [3.05, 3.63) is 52.2 Å². The Labute approximate surface area is 157 Å². The molecule has 1 aliphatic heterocycles. The highest BCUT2D eigenvalue weighted by Crippen LogP contribution is 2.56. The maximum absolute atomic E-state index is 13.3. The van der Waals surface area contributed by atoms with Crippen LogP contribution in [0.5, 0.6) is 0 Å². The first-order chi connectivity index (χ1) is 12.2. The smallest absolute Gasteiger partial charge is 0.254 e. The van der Waals surface area contributed by atoms with E-state index in [9.17, 15) is 4.79 Å². The second-order valence-electron chi connectivity index (χ2n) is 7.13. The monoisotopic (exact) mass is 372 g/mol. The lowest BCUT2D eigenvalue weighted by Gasteiger charge is -2.29. The van der Waals surface area contributed by atoms with Gasteiger partial charge in [0, 0.05) is 23.0 Å². The standard InChI is InChI=1S/C20H24N2OS2/c1-24-17-4-2-16(3-5-17)19(23)22(13-15-6-11-25-14-15)18-12-20(18)7-9-21-10-8-20/h2-6,11,14,18,21H,7-10,12-13H2,1H3. The predicted octanol–water partition coefficient (Wildman–Crippen LogP) is 4.25. The molecule has 1 N–H and O–H groups in total. The highest BCUT2D eigenvalue weighted by Gasteiger charge is 2.57. The van der Waals surface area contributed by atoms with E-state index < -0.39 is 0 Å². The van der Waals surface area contributed by atoms with Crippen molar-refractivity contribution in [1.29, 1.82) is 0 Å². The van der Waals surface area contributed by atoms with E-state index in [1.165, 1.54) is 23.3 Å². The third-order valence-corrected chi connectivity index (χ3v) is 7.13. The van der Waals surface area contributed by atoms with E-state index in [-0.39, 0.29) is 5.91 Å². The molecule has 0 bridgehead atoms. The molecule has 132 valence electrons. The maximum Gasteiger partial charge on any atom is 0.254 e. The topological polar surface area (TPSA) is 32.3 Å². The van der Waals surface area contributed by atoms with E-state index in [4.69, 9.17) is 0 Å². The molecule has 1 aromatic carbocycles. The quantitative estimate of drug-likeness (QED) is 0.796. The SMILES string of the molecule is CSc1ccc(C(=O)N(Cc2ccsc2)C2CC23CCNCC3)cc1. The lowest BCUT2D eigenvalue weighted by Crippen LogP contribution is -2.39. The average molecular weight is 373 g/mol. The van der Waals surface area contributed by atoms with Crippen LogP contribution < -0.4 is 5.32 Å². The third kappa shape index (κ3) is 3.50. The number of rotatable bonds is 5. The summed E-state index contributed by atoms with van der Waals surface area (Å²) in [6, 6.07) is 10.6. The van der Waals surface area contributed by atoms with Gasteiger partial charge in [-0.1, -0.05) is 0 Å². The fourth-order valence-corrected chi connectivity index (χ4v) is 5.10. The molecule has 1 spiro atoms. The van der Waals surface area contributed by atoms with Crippen LogP contribution in [0.1, 0.15) is 35.2 Å². The van der Waals surface area contributed by atoms with Gasteiger partial charge in [0.15, 0.2) is 0 Å². The normalized spacial score (nSPS) is 21.2. The zero-order valence-corrected chi connectivity index (χ0v) is 16.2. The summed E-state index contributed by atoms with van der Waals surface area (Å²) in [7, 11) is 0. The summed E-state index contributed by atoms with van der Waals surface area (Å²) in [5, 5.41) is 7.71. The van der Waals surface area contributed by atoms with E-state index in [1.54, 1.807) is 23.1 Å². The Morgan fingerprint density at radius 3 is 2.68 bits per heavy atom. The van der Waals surface area contributed by atoms with Crippen molar-refractivity contribution in [3.63, 3.8) is 0 Å². The Morgan fingerprint density at radius 2 is 2.04 bits per heavy atom. The van der Waals surface area contributed by atoms with Gasteiger partial charge in [-0.3, -0.25) is 4.79 Å². The van der Waals surface area contributed by atoms with Crippen molar-refractivity contribution in [2.45, 2.75) is 36.7 Å². The van der Waals surface area contributed by atoms with E-state index in [2.05, 4.69) is 33.3 Å². The highest BCUT2D eigenvalue weighted by molar-refractivity contribution is 7.98. The summed E-state index contributed by atoms with van der Waals surface area (Å²) in [4.78, 5) is 16.6. The van der Waals surface area contributed by atoms with Gasteiger partial charge in [0.1, 0.15) is 0 Å². The summed E-state index contributed by atoms with van der Waals surface area (Å²) in [6.07, 6.45) is 5.60. The van der Waals surface area contributed by atoms with Gasteiger partial charge in [-0.15, -0.1) is 11.8 Å². The van der Waals surface area contributed by atoms with Crippen molar-refractivity contribution < 1.29 is 4.79 Å². The number of carbonyl (C=O) groups excluding carboxylic acids is 1. The van der Waals surface area contributed by atoms with Crippen LogP contribution in [0.15, 0.2) is 46.0 Å². The summed E-state index contributed by atoms with van der Waals surface area (Å²) >= 11 is 3.41. The van der Waals surface area contributed by atoms with Crippen LogP contribution in [0.2, 0.25) is 0 Å². The maximum atomic E-state index is 13.3. The Bertz CT molecular complexity index is 721. The number of benzene rings is 1. The molecule has 1 saturated heterocycles. The van der Waals surface area contributed by atoms with Crippen LogP contribution in [-0.4, -0.2) is 36.2 Å². The van der Waals surface area contributed by atoms with Crippen LogP contribution in [0.3, 0.4) is 0 Å². The molecule has 2 heterocycles. The van der Waals surface area contributed by atoms with Gasteiger partial charge >= 0.3 is 0 Å². The van der Waals surface area contributed by atoms with Crippen LogP contribution in [-0.2, 0) is 6.54 Å². The van der Waals surface area contributed by atoms with Crippen molar-refractivity contribution >= 4 is 29.0 Å². The Kier molecular flexibility index (Phi) is 4.89. The number of piperidine rings is 1. The molecule has 25 heavy (non-hydrogen) atoms. The number of nitrogens with zero attached hydrogens (tertiary/aromatic N) is 1. The second-order valence-corrected chi connectivity index (χ2v) is 8.79. The third-order valence-electron chi connectivity index (χ3n) is 5.65. The Morgan fingerprint density at radius 1 is 1.28 bits per heavy atom. The minimum atomic E-state index is 0.180. The van der Waals surface area contributed by atoms with Gasteiger partial charge < -0.3 is 10.2 Å². The number of nitrogens with one attached hydrogen (secondary N) is 1. The molecule has 0 radical (unpaired) electrons. The highest BCUT2D eigenvalue weighted by atomic mass is 32.2. The number of amides is 1. The molecule has 1 aliphatic carbocycles. The number of carbonyl (C=O) groups is 1. The van der Waals surface area contributed by atoms with E-state index in [1.807, 2.05) is 24.3 Å². The van der Waals surface area contributed by atoms with Gasteiger partial charge in [0.05, 0.1) is 0 Å². The Hall–Kier alpha value is -1.30. The van der Waals surface area contributed by atoms with Crippen LogP contribution in [0, 0.1) is 5.41 Å². The molecule has 2 aliphatic rings. The summed E-state index contributed by atoms with van der Waals surface area (Å²) in [6.45, 7) is 2.89. The molecule has 1 saturated carbocycles. The first-order valence-electron chi connectivity index (χ1n) is 8.89. The summed E-state index contributed by atoms with van der Waals surface area (Å²) in [5.41, 5.74) is 2.41. The molecule has 4 rings (SSSR count). The van der Waals surface area contributed by atoms with Gasteiger partial charge in [0.2, 0.25) is 0 Å². The molecule has 3 nitrogen and oxygen atoms in total. The minimum Gasteiger partial charge on any atom is -0.331 e. The van der Waals surface area contributed by atoms with Crippen LogP contribution in [0.25, 0.3) is 0 Å². The molecule has 2 fully saturated rings. The van der Waals surface area contributed by atoms with Crippen molar-refractivity contribution in [2.75, 3.05) is 19.3 Å². The molecular weight excluding hydrogens is 348 g/mol. The number of hydrogen-bond acceptors (Lipinski definition) is 4. The number of hydrogen-bond donors (Lipinski definition) is 1. The molecular formula is C20H24N2OS2. The van der Waals surface area contributed by atoms with Crippen LogP contribution in [0.4, 0.5) is 0 Å². The van der Waals surface area contributed by atoms with Crippen molar-refractivity contribution in [2.24, 2.45) is 5.41 Å². The molecule has 2 aromatic rings. The van der Waals surface area contributed by atoms with Crippen LogP contribution >= 0.6 is 23.1 Å². The molecule has 1 amide bonds. The molecule has 1 atom stereocenters. The minimum absolute atomic E-state index is 0.180. The average Bonchev–Trinajstić information content (AvgIpc) is 3.08. The first kappa shape index (κ1) is 17.1. The number of thiophene rings is 1. The van der Waals surface area contributed by atoms with Gasteiger partial charge in [-0.2, -0.15) is 11.3 Å². The van der Waals surface area contributed by atoms with E-state index in [0.29, 0.717) is 11.5 Å². The number of thioether (sulfide) groups is 1. The van der Waals surface area contributed by atoms with Gasteiger partial charge in [0.25, 0.3) is 5.91 Å². The van der Waals surface area contributed by atoms with Gasteiger partial charge in [-0.05, 0) is 90.7 Å². The zero-order valence-electron chi connectivity index (χ0n) is 14.5. The van der Waals surface area contributed by atoms with E-state index >= 15 is 0 Å². The van der Waals surface area contributed by atoms with Gasteiger partial charge in [-0.25, -0.2) is 0 Å². The predicted molar refractivity (Wildman–Crippen MR) is 105 cm³/mol. The summed E-state index contributed by atoms with van der Waals surface area (Å²) < 4.78 is 0. The first-order valence-corrected chi connectivity index (χ1v) is 11.1. The largest absolute Gasteiger partial charge is 0.331 e. The Balaban J connectivity index is 1.57. The molecule has 1 unspecified atom stereocenters. The zero-order chi connectivity index (χ0) is 17.3. The fraction of sp³-hybridized carbons (Fsp3) is 0.450. The van der Waals surface area contributed by atoms with E-state index in [0.717, 1.165) is 31.6 Å². The lowest BCUT2D eigenvalue weighted by atomic mass is 9.93. The molecule has 1 aromatic heterocycles.